The van der Waals surface area contributed by atoms with E-state index in [2.05, 4.69) is 121 Å². The van der Waals surface area contributed by atoms with Gasteiger partial charge in [-0.2, -0.15) is 0 Å². The third-order valence-corrected chi connectivity index (χ3v) is 6.01. The third kappa shape index (κ3) is 3.08. The number of hydrogen-bond donors (Lipinski definition) is 0. The van der Waals surface area contributed by atoms with Crippen LogP contribution >= 0.6 is 0 Å². The fourth-order valence-electron chi connectivity index (χ4n) is 4.58. The van der Waals surface area contributed by atoms with Gasteiger partial charge in [0.05, 0.1) is 5.92 Å². The smallest absolute Gasteiger partial charge is 0.0622 e. The van der Waals surface area contributed by atoms with Crippen LogP contribution in [0.1, 0.15) is 38.9 Å². The lowest BCUT2D eigenvalue weighted by atomic mass is 9.79. The molecule has 2 radical (unpaired) electrons. The first-order chi connectivity index (χ1) is 15.4. The summed E-state index contributed by atoms with van der Waals surface area (Å²) in [6, 6.07) is 36.4. The molecule has 2 aliphatic carbocycles. The van der Waals surface area contributed by atoms with Crippen LogP contribution in [0.15, 0.2) is 109 Å². The Hall–Kier alpha value is -3.90. The van der Waals surface area contributed by atoms with Crippen molar-refractivity contribution in [3.05, 3.63) is 160 Å². The molecule has 0 aliphatic heterocycles. The number of allylic oxidation sites excluding steroid dienone is 2. The van der Waals surface area contributed by atoms with Crippen LogP contribution in [0.2, 0.25) is 0 Å². The van der Waals surface area contributed by atoms with E-state index in [4.69, 9.17) is 0 Å². The average Bonchev–Trinajstić information content (AvgIpc) is 3.08. The molecule has 0 unspecified atom stereocenters. The Morgan fingerprint density at radius 3 is 1.61 bits per heavy atom. The highest BCUT2D eigenvalue weighted by Crippen LogP contribution is 2.48. The molecule has 0 fully saturated rings. The van der Waals surface area contributed by atoms with Crippen molar-refractivity contribution in [1.29, 1.82) is 0 Å². The van der Waals surface area contributed by atoms with E-state index in [0.29, 0.717) is 0 Å². The van der Waals surface area contributed by atoms with Crippen molar-refractivity contribution >= 4 is 23.8 Å². The van der Waals surface area contributed by atoms with Gasteiger partial charge in [-0.15, -0.1) is 0 Å². The van der Waals surface area contributed by atoms with Crippen molar-refractivity contribution in [2.45, 2.75) is 0 Å². The van der Waals surface area contributed by atoms with E-state index < -0.39 is 0 Å². The van der Waals surface area contributed by atoms with Gasteiger partial charge in [0.2, 0.25) is 0 Å². The average molecular weight is 393 g/mol. The fraction of sp³-hybridized carbons (Fsp3) is 0. The predicted molar refractivity (Wildman–Crippen MR) is 130 cm³/mol. The molecule has 0 aromatic heterocycles. The van der Waals surface area contributed by atoms with Crippen molar-refractivity contribution in [1.82, 2.24) is 0 Å². The second kappa shape index (κ2) is 7.41. The summed E-state index contributed by atoms with van der Waals surface area (Å²) in [7, 11) is 0. The zero-order chi connectivity index (χ0) is 20.6. The van der Waals surface area contributed by atoms with E-state index in [1.54, 1.807) is 0 Å². The summed E-state index contributed by atoms with van der Waals surface area (Å²) in [5.74, 6) is 1.27. The Morgan fingerprint density at radius 2 is 0.968 bits per heavy atom. The van der Waals surface area contributed by atoms with Crippen LogP contribution in [0.5, 0.6) is 0 Å². The van der Waals surface area contributed by atoms with E-state index in [9.17, 15) is 0 Å². The minimum atomic E-state index is 1.09. The minimum Gasteiger partial charge on any atom is -0.0622 e. The maximum absolute atomic E-state index is 3.73. The largest absolute Gasteiger partial charge is 0.0647 e. The molecule has 0 spiro atoms. The predicted octanol–water partition coefficient (Wildman–Crippen LogP) is 7.47. The molecule has 4 aromatic carbocycles. The van der Waals surface area contributed by atoms with Gasteiger partial charge in [-0.1, -0.05) is 115 Å². The molecule has 31 heavy (non-hydrogen) atoms. The van der Waals surface area contributed by atoms with Crippen LogP contribution in [0.4, 0.5) is 0 Å². The molecule has 0 saturated heterocycles. The molecule has 0 atom stereocenters. The molecule has 6 rings (SSSR count). The first-order valence-electron chi connectivity index (χ1n) is 10.6. The van der Waals surface area contributed by atoms with Crippen LogP contribution in [0.25, 0.3) is 23.8 Å². The van der Waals surface area contributed by atoms with Gasteiger partial charge in [0, 0.05) is 0 Å². The first-order valence-corrected chi connectivity index (χ1v) is 10.6. The maximum Gasteiger partial charge on any atom is 0.0647 e. The lowest BCUT2D eigenvalue weighted by Crippen LogP contribution is -2.08. The Morgan fingerprint density at radius 1 is 0.452 bits per heavy atom. The molecular weight excluding hydrogens is 372 g/mol. The van der Waals surface area contributed by atoms with Crippen LogP contribution < -0.4 is 0 Å². The summed E-state index contributed by atoms with van der Waals surface area (Å²) in [4.78, 5) is 0. The second-order valence-corrected chi connectivity index (χ2v) is 7.89. The highest BCUT2D eigenvalue weighted by Gasteiger charge is 2.31. The summed E-state index contributed by atoms with van der Waals surface area (Å²) in [6.45, 7) is 0. The minimum absolute atomic E-state index is 1.09. The molecule has 4 aromatic rings. The molecule has 0 bridgehead atoms. The van der Waals surface area contributed by atoms with Gasteiger partial charge in [-0.05, 0) is 62.2 Å². The Bertz CT molecular complexity index is 1320. The highest BCUT2D eigenvalue weighted by molar-refractivity contribution is 6.01. The number of benzene rings is 4. The van der Waals surface area contributed by atoms with Crippen LogP contribution in [-0.4, -0.2) is 0 Å². The molecule has 0 saturated carbocycles. The van der Waals surface area contributed by atoms with Crippen LogP contribution in [0, 0.1) is 12.0 Å². The zero-order valence-electron chi connectivity index (χ0n) is 17.0. The highest BCUT2D eigenvalue weighted by atomic mass is 14.3. The summed E-state index contributed by atoms with van der Waals surface area (Å²) < 4.78 is 0. The van der Waals surface area contributed by atoms with Gasteiger partial charge < -0.3 is 0 Å². The summed E-state index contributed by atoms with van der Waals surface area (Å²) in [6.07, 6.45) is 10.5. The third-order valence-electron chi connectivity index (χ3n) is 6.01. The Labute approximate surface area is 183 Å². The first kappa shape index (κ1) is 17.9. The molecule has 0 N–H and O–H groups in total. The standard InChI is InChI=1S/C31H20/c1-2-10-22(11-3-1)20-29-26-15-7-6-14-25(26)21-30(29)31-27-16-8-4-12-23(27)18-19-24-13-5-9-17-28(24)31/h1-19,21H. The van der Waals surface area contributed by atoms with Crippen molar-refractivity contribution in [3.8, 4) is 0 Å². The summed E-state index contributed by atoms with van der Waals surface area (Å²) in [5, 5.41) is 0. The van der Waals surface area contributed by atoms with Gasteiger partial charge in [-0.25, -0.2) is 0 Å². The van der Waals surface area contributed by atoms with Gasteiger partial charge >= 0.3 is 0 Å². The molecule has 0 heteroatoms. The molecule has 144 valence electrons. The molecule has 2 aliphatic rings. The maximum atomic E-state index is 3.73. The summed E-state index contributed by atoms with van der Waals surface area (Å²) in [5.41, 5.74) is 11.0. The normalized spacial score (nSPS) is 15.7. The van der Waals surface area contributed by atoms with E-state index in [1.165, 1.54) is 44.9 Å². The number of fused-ring (bicyclic) bond motifs is 3. The quantitative estimate of drug-likeness (QED) is 0.332. The van der Waals surface area contributed by atoms with Crippen molar-refractivity contribution < 1.29 is 0 Å². The Balaban J connectivity index is 1.62. The molecular formula is C31H20. The lowest BCUT2D eigenvalue weighted by Gasteiger charge is -2.22. The zero-order valence-corrected chi connectivity index (χ0v) is 17.0. The lowest BCUT2D eigenvalue weighted by molar-refractivity contribution is 1.24. The molecule has 0 nitrogen and oxygen atoms in total. The van der Waals surface area contributed by atoms with E-state index in [-0.39, 0.29) is 0 Å². The topological polar surface area (TPSA) is 0 Å². The number of rotatable bonds is 2. The van der Waals surface area contributed by atoms with Gasteiger partial charge in [0.15, 0.2) is 0 Å². The fourth-order valence-corrected chi connectivity index (χ4v) is 4.58. The van der Waals surface area contributed by atoms with Gasteiger partial charge in [-0.3, -0.25) is 0 Å². The van der Waals surface area contributed by atoms with E-state index in [1.807, 2.05) is 6.07 Å². The van der Waals surface area contributed by atoms with Gasteiger partial charge in [0.1, 0.15) is 0 Å². The molecule has 0 heterocycles. The Kier molecular flexibility index (Phi) is 4.28. The SMILES string of the molecule is [C](=C1C([C]2c3ccccc3C=Cc3ccccc32)=Cc2ccccc21)c1ccccc1. The number of hydrogen-bond acceptors (Lipinski definition) is 0. The molecule has 0 amide bonds. The van der Waals surface area contributed by atoms with Crippen molar-refractivity contribution in [3.63, 3.8) is 0 Å². The van der Waals surface area contributed by atoms with Crippen molar-refractivity contribution in [2.24, 2.45) is 0 Å². The van der Waals surface area contributed by atoms with Crippen LogP contribution in [-0.2, 0) is 0 Å². The van der Waals surface area contributed by atoms with Crippen LogP contribution in [0.3, 0.4) is 0 Å². The van der Waals surface area contributed by atoms with Gasteiger partial charge in [0.25, 0.3) is 0 Å². The van der Waals surface area contributed by atoms with Crippen molar-refractivity contribution in [2.75, 3.05) is 0 Å². The summed E-state index contributed by atoms with van der Waals surface area (Å²) >= 11 is 0. The second-order valence-electron chi connectivity index (χ2n) is 7.89. The van der Waals surface area contributed by atoms with E-state index in [0.717, 1.165) is 11.1 Å². The monoisotopic (exact) mass is 392 g/mol. The van der Waals surface area contributed by atoms with E-state index >= 15 is 0 Å².